The second-order valence-electron chi connectivity index (χ2n) is 4.45. The van der Waals surface area contributed by atoms with E-state index in [1.807, 2.05) is 0 Å². The van der Waals surface area contributed by atoms with Gasteiger partial charge in [-0.2, -0.15) is 0 Å². The first-order valence-corrected chi connectivity index (χ1v) is 6.55. The lowest BCUT2D eigenvalue weighted by molar-refractivity contribution is -0.384. The molecule has 0 heterocycles. The highest BCUT2D eigenvalue weighted by molar-refractivity contribution is 5.37. The summed E-state index contributed by atoms with van der Waals surface area (Å²) in [7, 11) is 1.52. The zero-order valence-corrected chi connectivity index (χ0v) is 11.5. The summed E-state index contributed by atoms with van der Waals surface area (Å²) in [5, 5.41) is 10.2. The number of methoxy groups -OCH3 is 1. The van der Waals surface area contributed by atoms with Crippen LogP contribution in [0.5, 0.6) is 5.75 Å². The Morgan fingerprint density at radius 2 is 1.80 bits per heavy atom. The van der Waals surface area contributed by atoms with Crippen molar-refractivity contribution in [2.75, 3.05) is 7.11 Å². The van der Waals surface area contributed by atoms with E-state index in [-0.39, 0.29) is 11.8 Å². The molecule has 0 saturated heterocycles. The number of hydrogen-bond donors (Lipinski definition) is 0. The maximum atomic E-state index is 10.2. The van der Waals surface area contributed by atoms with Crippen LogP contribution in [0.4, 0.5) is 5.69 Å². The van der Waals surface area contributed by atoms with Gasteiger partial charge in [0.05, 0.1) is 12.0 Å². The fraction of sp³-hybridized carbons (Fsp3) is 0.500. The molecule has 1 aliphatic carbocycles. The van der Waals surface area contributed by atoms with E-state index >= 15 is 0 Å². The third-order valence-corrected chi connectivity index (χ3v) is 3.08. The van der Waals surface area contributed by atoms with Gasteiger partial charge in [0, 0.05) is 12.1 Å². The Balaban J connectivity index is 0.000000204. The Morgan fingerprint density at radius 3 is 2.25 bits per heavy atom. The fourth-order valence-corrected chi connectivity index (χ4v) is 1.98. The summed E-state index contributed by atoms with van der Waals surface area (Å²) in [6, 6.07) is 5.91. The fourth-order valence-electron chi connectivity index (χ4n) is 1.98. The number of nitro groups is 1. The predicted molar refractivity (Wildman–Crippen MR) is 73.7 cm³/mol. The van der Waals surface area contributed by atoms with Gasteiger partial charge < -0.3 is 9.47 Å². The quantitative estimate of drug-likeness (QED) is 0.481. The van der Waals surface area contributed by atoms with Gasteiger partial charge in [0.2, 0.25) is 0 Å². The van der Waals surface area contributed by atoms with Crippen LogP contribution in [-0.2, 0) is 9.53 Å². The van der Waals surface area contributed by atoms with Crippen molar-refractivity contribution >= 4 is 12.2 Å². The standard InChI is InChI=1S/C7H7NO3.C7H12O2/c1-11-7-4-2-6(3-5-7)8(9)10;8-6-9-7-4-2-1-3-5-7/h2-5H,1H3;6-7H,1-5H2. The maximum absolute atomic E-state index is 10.2. The van der Waals surface area contributed by atoms with E-state index in [0.717, 1.165) is 12.8 Å². The van der Waals surface area contributed by atoms with Crippen LogP contribution in [0, 0.1) is 10.1 Å². The lowest BCUT2D eigenvalue weighted by Crippen LogP contribution is -2.15. The molecule has 1 aliphatic rings. The van der Waals surface area contributed by atoms with E-state index in [9.17, 15) is 14.9 Å². The van der Waals surface area contributed by atoms with E-state index in [1.54, 1.807) is 12.1 Å². The monoisotopic (exact) mass is 281 g/mol. The Labute approximate surface area is 117 Å². The first-order valence-electron chi connectivity index (χ1n) is 6.55. The summed E-state index contributed by atoms with van der Waals surface area (Å²) in [6.07, 6.45) is 6.11. The van der Waals surface area contributed by atoms with E-state index < -0.39 is 4.92 Å². The molecule has 0 unspecified atom stereocenters. The van der Waals surface area contributed by atoms with Crippen molar-refractivity contribution in [1.29, 1.82) is 0 Å². The van der Waals surface area contributed by atoms with Crippen LogP contribution in [0.25, 0.3) is 0 Å². The molecule has 1 aromatic rings. The smallest absolute Gasteiger partial charge is 0.293 e. The average Bonchev–Trinajstić information content (AvgIpc) is 2.49. The molecule has 1 aromatic carbocycles. The third kappa shape index (κ3) is 5.69. The molecule has 0 aromatic heterocycles. The Kier molecular flexibility index (Phi) is 7.10. The number of nitrogens with zero attached hydrogens (tertiary/aromatic N) is 1. The predicted octanol–water partition coefficient (Wildman–Crippen LogP) is 3.10. The van der Waals surface area contributed by atoms with Crippen LogP contribution in [0.2, 0.25) is 0 Å². The molecule has 0 aliphatic heterocycles. The van der Waals surface area contributed by atoms with Gasteiger partial charge >= 0.3 is 0 Å². The van der Waals surface area contributed by atoms with Crippen molar-refractivity contribution in [1.82, 2.24) is 0 Å². The highest BCUT2D eigenvalue weighted by atomic mass is 16.6. The minimum Gasteiger partial charge on any atom is -0.497 e. The zero-order valence-electron chi connectivity index (χ0n) is 11.5. The van der Waals surface area contributed by atoms with Gasteiger partial charge in [0.1, 0.15) is 11.9 Å². The third-order valence-electron chi connectivity index (χ3n) is 3.08. The molecular weight excluding hydrogens is 262 g/mol. The minimum atomic E-state index is -0.445. The molecule has 0 bridgehead atoms. The summed E-state index contributed by atoms with van der Waals surface area (Å²) < 4.78 is 9.63. The zero-order chi connectivity index (χ0) is 14.8. The van der Waals surface area contributed by atoms with Crippen molar-refractivity contribution in [2.45, 2.75) is 38.2 Å². The van der Waals surface area contributed by atoms with Crippen LogP contribution < -0.4 is 4.74 Å². The molecule has 0 N–H and O–H groups in total. The van der Waals surface area contributed by atoms with Gasteiger partial charge in [-0.25, -0.2) is 0 Å². The SMILES string of the molecule is COc1ccc([N+](=O)[O-])cc1.O=COC1CCCCC1. The summed E-state index contributed by atoms with van der Waals surface area (Å²) >= 11 is 0. The van der Waals surface area contributed by atoms with Crippen LogP contribution in [-0.4, -0.2) is 24.6 Å². The molecule has 0 radical (unpaired) electrons. The van der Waals surface area contributed by atoms with Crippen molar-refractivity contribution in [3.8, 4) is 5.75 Å². The highest BCUT2D eigenvalue weighted by Gasteiger charge is 2.12. The lowest BCUT2D eigenvalue weighted by atomic mass is 9.98. The summed E-state index contributed by atoms with van der Waals surface area (Å²) in [4.78, 5) is 19.6. The molecule has 0 amide bonds. The normalized spacial score (nSPS) is 14.7. The number of non-ortho nitro benzene ring substituents is 1. The van der Waals surface area contributed by atoms with E-state index in [4.69, 9.17) is 9.47 Å². The molecule has 6 heteroatoms. The number of benzene rings is 1. The van der Waals surface area contributed by atoms with Crippen molar-refractivity contribution in [3.05, 3.63) is 34.4 Å². The Bertz CT molecular complexity index is 412. The van der Waals surface area contributed by atoms with Crippen LogP contribution in [0.15, 0.2) is 24.3 Å². The largest absolute Gasteiger partial charge is 0.497 e. The lowest BCUT2D eigenvalue weighted by Gasteiger charge is -2.18. The molecular formula is C14H19NO5. The van der Waals surface area contributed by atoms with E-state index in [2.05, 4.69) is 0 Å². The van der Waals surface area contributed by atoms with Gasteiger partial charge in [0.25, 0.3) is 12.2 Å². The number of rotatable bonds is 4. The first kappa shape index (κ1) is 15.9. The van der Waals surface area contributed by atoms with Gasteiger partial charge in [-0.05, 0) is 37.8 Å². The molecule has 6 nitrogen and oxygen atoms in total. The number of nitro benzene ring substituents is 1. The summed E-state index contributed by atoms with van der Waals surface area (Å²) in [6.45, 7) is 0.565. The van der Waals surface area contributed by atoms with Crippen molar-refractivity contribution in [3.63, 3.8) is 0 Å². The van der Waals surface area contributed by atoms with Crippen molar-refractivity contribution < 1.29 is 19.2 Å². The molecule has 20 heavy (non-hydrogen) atoms. The minimum absolute atomic E-state index is 0.0748. The highest BCUT2D eigenvalue weighted by Crippen LogP contribution is 2.19. The first-order chi connectivity index (χ1) is 9.67. The number of ether oxygens (including phenoxy) is 2. The Morgan fingerprint density at radius 1 is 1.20 bits per heavy atom. The Hall–Kier alpha value is -2.11. The second-order valence-corrected chi connectivity index (χ2v) is 4.45. The van der Waals surface area contributed by atoms with E-state index in [1.165, 1.54) is 38.5 Å². The maximum Gasteiger partial charge on any atom is 0.293 e. The number of hydrogen-bond acceptors (Lipinski definition) is 5. The van der Waals surface area contributed by atoms with Crippen LogP contribution in [0.3, 0.4) is 0 Å². The molecule has 0 spiro atoms. The topological polar surface area (TPSA) is 78.7 Å². The number of carbonyl (C=O) groups is 1. The molecule has 110 valence electrons. The van der Waals surface area contributed by atoms with Gasteiger partial charge in [-0.3, -0.25) is 14.9 Å². The second kappa shape index (κ2) is 8.90. The van der Waals surface area contributed by atoms with E-state index in [0.29, 0.717) is 12.2 Å². The van der Waals surface area contributed by atoms with Gasteiger partial charge in [-0.15, -0.1) is 0 Å². The van der Waals surface area contributed by atoms with Crippen molar-refractivity contribution in [2.24, 2.45) is 0 Å². The number of carbonyl (C=O) groups excluding carboxylic acids is 1. The molecule has 1 saturated carbocycles. The van der Waals surface area contributed by atoms with Crippen LogP contribution in [0.1, 0.15) is 32.1 Å². The average molecular weight is 281 g/mol. The summed E-state index contributed by atoms with van der Waals surface area (Å²) in [5.41, 5.74) is 0.0748. The van der Waals surface area contributed by atoms with Gasteiger partial charge in [-0.1, -0.05) is 6.42 Å². The molecule has 1 fully saturated rings. The van der Waals surface area contributed by atoms with Crippen LogP contribution >= 0.6 is 0 Å². The van der Waals surface area contributed by atoms with Gasteiger partial charge in [0.15, 0.2) is 0 Å². The molecule has 2 rings (SSSR count). The molecule has 0 atom stereocenters. The summed E-state index contributed by atoms with van der Waals surface area (Å²) in [5.74, 6) is 0.621.